The van der Waals surface area contributed by atoms with Crippen LogP contribution in [0.4, 0.5) is 5.95 Å². The van der Waals surface area contributed by atoms with E-state index in [1.807, 2.05) is 13.1 Å². The van der Waals surface area contributed by atoms with Crippen LogP contribution in [-0.4, -0.2) is 48.4 Å². The molecule has 1 N–H and O–H groups in total. The van der Waals surface area contributed by atoms with Crippen LogP contribution < -0.4 is 10.2 Å². The summed E-state index contributed by atoms with van der Waals surface area (Å²) in [5.74, 6) is 1.94. The van der Waals surface area contributed by atoms with E-state index in [2.05, 4.69) is 26.0 Å². The monoisotopic (exact) mass is 278 g/mol. The first kappa shape index (κ1) is 13.9. The number of fused-ring (bicyclic) bond motifs is 1. The molecule has 2 aliphatic heterocycles. The van der Waals surface area contributed by atoms with Gasteiger partial charge in [-0.1, -0.05) is 0 Å². The summed E-state index contributed by atoms with van der Waals surface area (Å²) in [5, 5.41) is 3.65. The topological polar surface area (TPSA) is 42.3 Å². The van der Waals surface area contributed by atoms with Gasteiger partial charge in [-0.3, -0.25) is 0 Å². The average Bonchev–Trinajstić information content (AvgIpc) is 3.09. The zero-order valence-electron chi connectivity index (χ0n) is 12.4. The van der Waals surface area contributed by atoms with Crippen LogP contribution in [0.1, 0.15) is 26.2 Å². The maximum Gasteiger partial charge on any atom is 0.205 e. The number of aromatic nitrogens is 2. The van der Waals surface area contributed by atoms with Crippen LogP contribution in [0, 0.1) is 5.92 Å². The summed E-state index contributed by atoms with van der Waals surface area (Å²) in [6.45, 7) is 8.11. The molecule has 5 nitrogen and oxygen atoms in total. The number of nitrogens with zero attached hydrogens (tertiary/aromatic N) is 3. The van der Waals surface area contributed by atoms with Gasteiger partial charge < -0.3 is 19.5 Å². The molecule has 20 heavy (non-hydrogen) atoms. The molecule has 0 unspecified atom stereocenters. The van der Waals surface area contributed by atoms with E-state index in [1.54, 1.807) is 0 Å². The van der Waals surface area contributed by atoms with E-state index in [0.29, 0.717) is 6.04 Å². The largest absolute Gasteiger partial charge is 0.382 e. The molecule has 2 atom stereocenters. The lowest BCUT2D eigenvalue weighted by atomic mass is 9.94. The highest BCUT2D eigenvalue weighted by atomic mass is 16.5. The molecular weight excluding hydrogens is 252 g/mol. The minimum atomic E-state index is 0.664. The Hall–Kier alpha value is -1.07. The van der Waals surface area contributed by atoms with Gasteiger partial charge in [-0.2, -0.15) is 0 Å². The van der Waals surface area contributed by atoms with Crippen molar-refractivity contribution in [1.29, 1.82) is 0 Å². The molecule has 112 valence electrons. The molecule has 0 spiro atoms. The lowest BCUT2D eigenvalue weighted by molar-refractivity contribution is 0.141. The van der Waals surface area contributed by atoms with Crippen molar-refractivity contribution in [2.24, 2.45) is 5.92 Å². The molecule has 0 amide bonds. The maximum absolute atomic E-state index is 5.42. The summed E-state index contributed by atoms with van der Waals surface area (Å²) in [5.41, 5.74) is 0. The minimum absolute atomic E-state index is 0.664. The van der Waals surface area contributed by atoms with Crippen molar-refractivity contribution in [2.75, 3.05) is 37.7 Å². The van der Waals surface area contributed by atoms with Crippen LogP contribution in [0.5, 0.6) is 0 Å². The third-order valence-corrected chi connectivity index (χ3v) is 4.47. The van der Waals surface area contributed by atoms with Crippen molar-refractivity contribution in [3.63, 3.8) is 0 Å². The van der Waals surface area contributed by atoms with E-state index in [9.17, 15) is 0 Å². The fourth-order valence-electron chi connectivity index (χ4n) is 3.45. The number of aryl methyl sites for hydroxylation is 1. The summed E-state index contributed by atoms with van der Waals surface area (Å²) in [4.78, 5) is 7.03. The molecule has 3 heterocycles. The van der Waals surface area contributed by atoms with Crippen molar-refractivity contribution in [1.82, 2.24) is 14.9 Å². The number of ether oxygens (including phenoxy) is 1. The molecule has 0 radical (unpaired) electrons. The summed E-state index contributed by atoms with van der Waals surface area (Å²) < 4.78 is 7.69. The van der Waals surface area contributed by atoms with Gasteiger partial charge in [0.25, 0.3) is 0 Å². The van der Waals surface area contributed by atoms with Crippen molar-refractivity contribution < 1.29 is 4.74 Å². The molecule has 2 saturated heterocycles. The average molecular weight is 278 g/mol. The lowest BCUT2D eigenvalue weighted by Gasteiger charge is -2.24. The fraction of sp³-hybridized carbons (Fsp3) is 0.800. The standard InChI is InChI=1S/C15H26N4O/c1-2-20-10-4-8-18-9-7-17-15(18)19-11-13-5-3-6-16-14(13)12-19/h7,9,13-14,16H,2-6,8,10-12H2,1H3/t13-,14+/m0/s1. The summed E-state index contributed by atoms with van der Waals surface area (Å²) >= 11 is 0. The molecular formula is C15H26N4O. The smallest absolute Gasteiger partial charge is 0.205 e. The van der Waals surface area contributed by atoms with Gasteiger partial charge in [0.15, 0.2) is 0 Å². The minimum Gasteiger partial charge on any atom is -0.382 e. The Balaban J connectivity index is 1.58. The van der Waals surface area contributed by atoms with Gasteiger partial charge >= 0.3 is 0 Å². The quantitative estimate of drug-likeness (QED) is 0.801. The second kappa shape index (κ2) is 6.59. The van der Waals surface area contributed by atoms with E-state index in [-0.39, 0.29) is 0 Å². The first-order chi connectivity index (χ1) is 9.88. The van der Waals surface area contributed by atoms with Crippen LogP contribution in [0.15, 0.2) is 12.4 Å². The second-order valence-electron chi connectivity index (χ2n) is 5.84. The van der Waals surface area contributed by atoms with Crippen LogP contribution in [0.3, 0.4) is 0 Å². The van der Waals surface area contributed by atoms with Gasteiger partial charge in [-0.25, -0.2) is 4.98 Å². The molecule has 0 aromatic carbocycles. The Labute approximate surface area is 121 Å². The zero-order chi connectivity index (χ0) is 13.8. The molecule has 3 rings (SSSR count). The van der Waals surface area contributed by atoms with Gasteiger partial charge in [0.2, 0.25) is 5.95 Å². The molecule has 2 fully saturated rings. The highest BCUT2D eigenvalue weighted by molar-refractivity contribution is 5.34. The lowest BCUT2D eigenvalue weighted by Crippen LogP contribution is -2.40. The van der Waals surface area contributed by atoms with Crippen molar-refractivity contribution >= 4 is 5.95 Å². The first-order valence-corrected chi connectivity index (χ1v) is 7.95. The van der Waals surface area contributed by atoms with E-state index in [4.69, 9.17) is 4.74 Å². The fourth-order valence-corrected chi connectivity index (χ4v) is 3.45. The van der Waals surface area contributed by atoms with E-state index < -0.39 is 0 Å². The molecule has 2 aliphatic rings. The van der Waals surface area contributed by atoms with Crippen molar-refractivity contribution in [3.8, 4) is 0 Å². The summed E-state index contributed by atoms with van der Waals surface area (Å²) in [7, 11) is 0. The van der Waals surface area contributed by atoms with Crippen LogP contribution in [-0.2, 0) is 11.3 Å². The van der Waals surface area contributed by atoms with Gasteiger partial charge in [0.1, 0.15) is 0 Å². The Kier molecular flexibility index (Phi) is 4.58. The number of imidazole rings is 1. The van der Waals surface area contributed by atoms with Gasteiger partial charge in [-0.15, -0.1) is 0 Å². The van der Waals surface area contributed by atoms with Gasteiger partial charge in [0.05, 0.1) is 0 Å². The molecule has 1 aromatic rings. The third-order valence-electron chi connectivity index (χ3n) is 4.47. The van der Waals surface area contributed by atoms with Gasteiger partial charge in [-0.05, 0) is 38.6 Å². The normalized spacial score (nSPS) is 25.9. The SMILES string of the molecule is CCOCCCn1ccnc1N1C[C@@H]2CCCN[C@@H]2C1. The summed E-state index contributed by atoms with van der Waals surface area (Å²) in [6, 6.07) is 0.664. The Bertz CT molecular complexity index is 406. The maximum atomic E-state index is 5.42. The Morgan fingerprint density at radius 2 is 2.40 bits per heavy atom. The molecule has 0 bridgehead atoms. The predicted octanol–water partition coefficient (Wildman–Crippen LogP) is 1.50. The number of nitrogens with one attached hydrogen (secondary N) is 1. The molecule has 0 aliphatic carbocycles. The van der Waals surface area contributed by atoms with Crippen molar-refractivity contribution in [3.05, 3.63) is 12.4 Å². The molecule has 0 saturated carbocycles. The van der Waals surface area contributed by atoms with Crippen LogP contribution in [0.2, 0.25) is 0 Å². The van der Waals surface area contributed by atoms with Gasteiger partial charge in [0, 0.05) is 51.3 Å². The Morgan fingerprint density at radius 3 is 3.25 bits per heavy atom. The molecule has 1 aromatic heterocycles. The third kappa shape index (κ3) is 2.99. The predicted molar refractivity (Wildman–Crippen MR) is 80.1 cm³/mol. The van der Waals surface area contributed by atoms with E-state index >= 15 is 0 Å². The van der Waals surface area contributed by atoms with E-state index in [1.165, 1.54) is 19.4 Å². The van der Waals surface area contributed by atoms with Crippen LogP contribution in [0.25, 0.3) is 0 Å². The highest BCUT2D eigenvalue weighted by Gasteiger charge is 2.35. The van der Waals surface area contributed by atoms with Crippen LogP contribution >= 0.6 is 0 Å². The van der Waals surface area contributed by atoms with E-state index in [0.717, 1.165) is 51.1 Å². The first-order valence-electron chi connectivity index (χ1n) is 7.95. The number of piperidine rings is 1. The zero-order valence-corrected chi connectivity index (χ0v) is 12.4. The number of anilines is 1. The number of rotatable bonds is 6. The Morgan fingerprint density at radius 1 is 1.45 bits per heavy atom. The second-order valence-corrected chi connectivity index (χ2v) is 5.84. The highest BCUT2D eigenvalue weighted by Crippen LogP contribution is 2.28. The number of hydrogen-bond acceptors (Lipinski definition) is 4. The van der Waals surface area contributed by atoms with Crippen molar-refractivity contribution in [2.45, 2.75) is 38.8 Å². The summed E-state index contributed by atoms with van der Waals surface area (Å²) in [6.07, 6.45) is 7.75. The number of hydrogen-bond donors (Lipinski definition) is 1. The molecule has 5 heteroatoms.